The van der Waals surface area contributed by atoms with Crippen molar-refractivity contribution < 1.29 is 0 Å². The number of nitrogens with zero attached hydrogens (tertiary/aromatic N) is 1. The van der Waals surface area contributed by atoms with Gasteiger partial charge in [-0.3, -0.25) is 0 Å². The van der Waals surface area contributed by atoms with Gasteiger partial charge in [0.2, 0.25) is 0 Å². The fourth-order valence-electron chi connectivity index (χ4n) is 5.74. The molecule has 0 N–H and O–H groups in total. The molecule has 0 radical (unpaired) electrons. The van der Waals surface area contributed by atoms with Crippen molar-refractivity contribution in [1.29, 1.82) is 0 Å². The molecule has 8 aromatic rings. The van der Waals surface area contributed by atoms with Gasteiger partial charge >= 0.3 is 0 Å². The van der Waals surface area contributed by atoms with Gasteiger partial charge < -0.3 is 0 Å². The smallest absolute Gasteiger partial charge is 0.0801 e. The highest BCUT2D eigenvalue weighted by Crippen LogP contribution is 2.47. The Kier molecular flexibility index (Phi) is 4.31. The molecule has 0 spiro atoms. The summed E-state index contributed by atoms with van der Waals surface area (Å²) in [5.74, 6) is 0. The molecular formula is C33H18BrNS. The lowest BCUT2D eigenvalue weighted by Gasteiger charge is -2.17. The summed E-state index contributed by atoms with van der Waals surface area (Å²) in [6, 6.07) is 39.2. The van der Waals surface area contributed by atoms with Crippen LogP contribution >= 0.6 is 27.3 Å². The standard InChI is InChI=1S/C33H18BrNS/c34-31-22-12-3-1-10-20(22)29(21-11-2-4-13-23(21)31)32-26-18-17-24-19-9-6-8-16-28(19)36-33(24)30(26)25-14-5-7-15-27(25)35-32/h1-18H. The van der Waals surface area contributed by atoms with Crippen LogP contribution in [-0.4, -0.2) is 4.98 Å². The molecule has 0 aliphatic rings. The summed E-state index contributed by atoms with van der Waals surface area (Å²) in [5, 5.41) is 11.2. The molecular weight excluding hydrogens is 522 g/mol. The van der Waals surface area contributed by atoms with Crippen molar-refractivity contribution in [2.24, 2.45) is 0 Å². The van der Waals surface area contributed by atoms with E-state index in [0.29, 0.717) is 0 Å². The topological polar surface area (TPSA) is 12.9 Å². The molecule has 0 bridgehead atoms. The van der Waals surface area contributed by atoms with E-state index in [1.54, 1.807) is 0 Å². The first-order chi connectivity index (χ1) is 17.8. The Morgan fingerprint density at radius 3 is 1.78 bits per heavy atom. The Balaban J connectivity index is 1.65. The number of thiophene rings is 1. The fraction of sp³-hybridized carbons (Fsp3) is 0. The molecule has 2 heterocycles. The highest BCUT2D eigenvalue weighted by molar-refractivity contribution is 9.10. The minimum Gasteiger partial charge on any atom is -0.247 e. The number of hydrogen-bond donors (Lipinski definition) is 0. The second-order valence-corrected chi connectivity index (χ2v) is 11.1. The van der Waals surface area contributed by atoms with Crippen LogP contribution in [0, 0.1) is 0 Å². The highest BCUT2D eigenvalue weighted by atomic mass is 79.9. The third-order valence-corrected chi connectivity index (χ3v) is 9.37. The van der Waals surface area contributed by atoms with Crippen LogP contribution in [0.1, 0.15) is 0 Å². The second-order valence-electron chi connectivity index (χ2n) is 9.22. The van der Waals surface area contributed by atoms with Crippen LogP contribution in [-0.2, 0) is 0 Å². The van der Waals surface area contributed by atoms with Gasteiger partial charge in [-0.25, -0.2) is 4.98 Å². The van der Waals surface area contributed by atoms with Gasteiger partial charge in [-0.15, -0.1) is 11.3 Å². The van der Waals surface area contributed by atoms with E-state index in [4.69, 9.17) is 4.98 Å². The Hall–Kier alpha value is -3.79. The Morgan fingerprint density at radius 2 is 1.06 bits per heavy atom. The Bertz CT molecular complexity index is 2120. The molecule has 0 saturated heterocycles. The van der Waals surface area contributed by atoms with E-state index >= 15 is 0 Å². The molecule has 36 heavy (non-hydrogen) atoms. The van der Waals surface area contributed by atoms with Crippen LogP contribution in [0.3, 0.4) is 0 Å². The zero-order valence-corrected chi connectivity index (χ0v) is 21.5. The van der Waals surface area contributed by atoms with Crippen molar-refractivity contribution in [2.45, 2.75) is 0 Å². The third-order valence-electron chi connectivity index (χ3n) is 7.31. The monoisotopic (exact) mass is 539 g/mol. The zero-order chi connectivity index (χ0) is 23.8. The molecule has 0 saturated carbocycles. The summed E-state index contributed by atoms with van der Waals surface area (Å²) < 4.78 is 3.79. The molecule has 8 rings (SSSR count). The van der Waals surface area contributed by atoms with Gasteiger partial charge in [-0.05, 0) is 49.6 Å². The lowest BCUT2D eigenvalue weighted by molar-refractivity contribution is 1.45. The first kappa shape index (κ1) is 20.4. The molecule has 1 nitrogen and oxygen atoms in total. The summed E-state index contributed by atoms with van der Waals surface area (Å²) in [6.45, 7) is 0. The summed E-state index contributed by atoms with van der Waals surface area (Å²) in [6.07, 6.45) is 0. The second kappa shape index (κ2) is 7.60. The SMILES string of the molecule is Brc1c2ccccc2c(-c2nc3ccccc3c3c2ccc2c4ccccc4sc23)c2ccccc12. The number of rotatable bonds is 1. The van der Waals surface area contributed by atoms with Gasteiger partial charge in [0.25, 0.3) is 0 Å². The average molecular weight is 540 g/mol. The molecule has 0 unspecified atom stereocenters. The lowest BCUT2D eigenvalue weighted by atomic mass is 9.91. The van der Waals surface area contributed by atoms with Crippen LogP contribution in [0.4, 0.5) is 0 Å². The minimum absolute atomic E-state index is 1.03. The molecule has 0 amide bonds. The molecule has 3 heteroatoms. The van der Waals surface area contributed by atoms with Crippen molar-refractivity contribution in [2.75, 3.05) is 0 Å². The van der Waals surface area contributed by atoms with Gasteiger partial charge in [0, 0.05) is 46.4 Å². The van der Waals surface area contributed by atoms with Gasteiger partial charge in [0.15, 0.2) is 0 Å². The molecule has 0 atom stereocenters. The first-order valence-electron chi connectivity index (χ1n) is 12.0. The Morgan fingerprint density at radius 1 is 0.500 bits per heavy atom. The molecule has 6 aromatic carbocycles. The van der Waals surface area contributed by atoms with Crippen molar-refractivity contribution in [1.82, 2.24) is 4.98 Å². The maximum atomic E-state index is 5.35. The van der Waals surface area contributed by atoms with Crippen molar-refractivity contribution in [3.8, 4) is 11.3 Å². The number of halogens is 1. The predicted octanol–water partition coefficient (Wildman–Crippen LogP) is 10.5. The van der Waals surface area contributed by atoms with Crippen LogP contribution in [0.25, 0.3) is 74.6 Å². The molecule has 168 valence electrons. The zero-order valence-electron chi connectivity index (χ0n) is 19.1. The average Bonchev–Trinajstić information content (AvgIpc) is 3.32. The van der Waals surface area contributed by atoms with Gasteiger partial charge in [-0.2, -0.15) is 0 Å². The molecule has 0 fully saturated rings. The number of benzene rings is 6. The van der Waals surface area contributed by atoms with Crippen LogP contribution in [0.15, 0.2) is 114 Å². The van der Waals surface area contributed by atoms with E-state index in [1.807, 2.05) is 11.3 Å². The van der Waals surface area contributed by atoms with E-state index in [0.717, 1.165) is 15.7 Å². The Labute approximate surface area is 219 Å². The number of fused-ring (bicyclic) bond motifs is 9. The number of hydrogen-bond acceptors (Lipinski definition) is 2. The first-order valence-corrected chi connectivity index (χ1v) is 13.6. The molecule has 2 aromatic heterocycles. The van der Waals surface area contributed by atoms with Crippen LogP contribution in [0.5, 0.6) is 0 Å². The van der Waals surface area contributed by atoms with E-state index < -0.39 is 0 Å². The minimum atomic E-state index is 1.03. The van der Waals surface area contributed by atoms with Crippen LogP contribution in [0.2, 0.25) is 0 Å². The number of pyridine rings is 1. The van der Waals surface area contributed by atoms with Crippen molar-refractivity contribution >= 4 is 90.7 Å². The number of aromatic nitrogens is 1. The predicted molar refractivity (Wildman–Crippen MR) is 160 cm³/mol. The van der Waals surface area contributed by atoms with Gasteiger partial charge in [0.1, 0.15) is 0 Å². The quantitative estimate of drug-likeness (QED) is 0.149. The van der Waals surface area contributed by atoms with Crippen molar-refractivity contribution in [3.05, 3.63) is 114 Å². The fourth-order valence-corrected chi connectivity index (χ4v) is 7.69. The van der Waals surface area contributed by atoms with Gasteiger partial charge in [0.05, 0.1) is 11.2 Å². The summed E-state index contributed by atoms with van der Waals surface area (Å²) in [7, 11) is 0. The largest absolute Gasteiger partial charge is 0.247 e. The molecule has 0 aliphatic heterocycles. The maximum Gasteiger partial charge on any atom is 0.0801 e. The van der Waals surface area contributed by atoms with E-state index in [-0.39, 0.29) is 0 Å². The van der Waals surface area contributed by atoms with E-state index in [9.17, 15) is 0 Å². The lowest BCUT2D eigenvalue weighted by Crippen LogP contribution is -1.93. The van der Waals surface area contributed by atoms with E-state index in [1.165, 1.54) is 63.4 Å². The summed E-state index contributed by atoms with van der Waals surface area (Å²) in [4.78, 5) is 5.35. The normalized spacial score (nSPS) is 12.0. The third kappa shape index (κ3) is 2.73. The molecule has 0 aliphatic carbocycles. The summed E-state index contributed by atoms with van der Waals surface area (Å²) >= 11 is 5.80. The highest BCUT2D eigenvalue weighted by Gasteiger charge is 2.20. The van der Waals surface area contributed by atoms with E-state index in [2.05, 4.69) is 125 Å². The summed E-state index contributed by atoms with van der Waals surface area (Å²) in [5.41, 5.74) is 3.27. The number of para-hydroxylation sites is 1. The van der Waals surface area contributed by atoms with Crippen LogP contribution < -0.4 is 0 Å². The van der Waals surface area contributed by atoms with Crippen molar-refractivity contribution in [3.63, 3.8) is 0 Å². The van der Waals surface area contributed by atoms with Gasteiger partial charge in [-0.1, -0.05) is 97.1 Å². The maximum absolute atomic E-state index is 5.35.